The zero-order valence-corrected chi connectivity index (χ0v) is 17.7. The Labute approximate surface area is 189 Å². The smallest absolute Gasteiger partial charge is 0.329 e. The van der Waals surface area contributed by atoms with Crippen molar-refractivity contribution in [2.45, 2.75) is 18.6 Å². The van der Waals surface area contributed by atoms with E-state index in [4.69, 9.17) is 5.73 Å². The topological polar surface area (TPSA) is 49.6 Å². The van der Waals surface area contributed by atoms with Gasteiger partial charge in [-0.2, -0.15) is 13.2 Å². The first-order valence-electron chi connectivity index (χ1n) is 10.6. The third kappa shape index (κ3) is 4.71. The van der Waals surface area contributed by atoms with Crippen molar-refractivity contribution >= 4 is 11.7 Å². The molecule has 0 spiro atoms. The fraction of sp³-hybridized carbons (Fsp3) is 0.240. The second kappa shape index (κ2) is 9.23. The molecule has 2 N–H and O–H groups in total. The van der Waals surface area contributed by atoms with Crippen LogP contribution in [0.2, 0.25) is 0 Å². The zero-order chi connectivity index (χ0) is 23.6. The number of carbonyl (C=O) groups excluding carboxylic acids is 1. The second-order valence-electron chi connectivity index (χ2n) is 7.86. The first-order chi connectivity index (χ1) is 15.8. The molecule has 4 nitrogen and oxygen atoms in total. The number of nitrogens with two attached hydrogens (primary N) is 1. The van der Waals surface area contributed by atoms with E-state index < -0.39 is 23.6 Å². The minimum absolute atomic E-state index is 0.193. The second-order valence-corrected chi connectivity index (χ2v) is 7.86. The normalized spacial score (nSPS) is 15.8. The Kier molecular flexibility index (Phi) is 6.37. The Bertz CT molecular complexity index is 1110. The maximum absolute atomic E-state index is 13.7. The molecule has 0 saturated heterocycles. The largest absolute Gasteiger partial charge is 0.416 e. The van der Waals surface area contributed by atoms with Gasteiger partial charge in [0.05, 0.1) is 11.6 Å². The molecule has 33 heavy (non-hydrogen) atoms. The van der Waals surface area contributed by atoms with Crippen molar-refractivity contribution in [3.05, 3.63) is 101 Å². The van der Waals surface area contributed by atoms with Gasteiger partial charge in [0.2, 0.25) is 0 Å². The van der Waals surface area contributed by atoms with Crippen LogP contribution in [0.3, 0.4) is 0 Å². The van der Waals surface area contributed by atoms with E-state index in [1.165, 1.54) is 41.3 Å². The highest BCUT2D eigenvalue weighted by Crippen LogP contribution is 2.38. The summed E-state index contributed by atoms with van der Waals surface area (Å²) >= 11 is 0. The van der Waals surface area contributed by atoms with Gasteiger partial charge in [-0.05, 0) is 59.5 Å². The van der Waals surface area contributed by atoms with Crippen LogP contribution in [0.25, 0.3) is 0 Å². The van der Waals surface area contributed by atoms with E-state index in [2.05, 4.69) is 0 Å². The molecule has 0 radical (unpaired) electrons. The number of halogens is 4. The van der Waals surface area contributed by atoms with Gasteiger partial charge < -0.3 is 10.6 Å². The minimum atomic E-state index is -4.45. The van der Waals surface area contributed by atoms with E-state index in [9.17, 15) is 22.4 Å². The number of hydrogen-bond donors (Lipinski definition) is 1. The summed E-state index contributed by atoms with van der Waals surface area (Å²) in [5.74, 6) is -0.423. The summed E-state index contributed by atoms with van der Waals surface area (Å²) in [5, 5.41) is 0. The van der Waals surface area contributed by atoms with E-state index >= 15 is 0 Å². The Morgan fingerprint density at radius 2 is 1.67 bits per heavy atom. The van der Waals surface area contributed by atoms with E-state index in [1.54, 1.807) is 4.90 Å². The van der Waals surface area contributed by atoms with Crippen molar-refractivity contribution in [2.24, 2.45) is 5.73 Å². The van der Waals surface area contributed by atoms with Gasteiger partial charge in [0, 0.05) is 25.3 Å². The molecule has 0 fully saturated rings. The number of fused-ring (bicyclic) bond motifs is 1. The monoisotopic (exact) mass is 457 g/mol. The molecule has 1 aliphatic rings. The lowest BCUT2D eigenvalue weighted by Crippen LogP contribution is -2.49. The van der Waals surface area contributed by atoms with Crippen molar-refractivity contribution in [3.63, 3.8) is 0 Å². The number of anilines is 1. The number of benzene rings is 3. The zero-order valence-electron chi connectivity index (χ0n) is 17.7. The quantitative estimate of drug-likeness (QED) is 0.535. The summed E-state index contributed by atoms with van der Waals surface area (Å²) in [6.07, 6.45) is -3.84. The van der Waals surface area contributed by atoms with Gasteiger partial charge in [-0.1, -0.05) is 36.4 Å². The summed E-state index contributed by atoms with van der Waals surface area (Å²) in [5.41, 5.74) is 7.99. The van der Waals surface area contributed by atoms with Gasteiger partial charge in [0.1, 0.15) is 5.82 Å². The Morgan fingerprint density at radius 1 is 1.00 bits per heavy atom. The lowest BCUT2D eigenvalue weighted by Gasteiger charge is -2.40. The van der Waals surface area contributed by atoms with Gasteiger partial charge in [0.15, 0.2) is 0 Å². The van der Waals surface area contributed by atoms with Crippen LogP contribution in [-0.2, 0) is 12.6 Å². The highest BCUT2D eigenvalue weighted by Gasteiger charge is 2.36. The average molecular weight is 457 g/mol. The van der Waals surface area contributed by atoms with Crippen LogP contribution >= 0.6 is 0 Å². The molecule has 1 unspecified atom stereocenters. The number of rotatable bonds is 4. The van der Waals surface area contributed by atoms with Crippen molar-refractivity contribution < 1.29 is 22.4 Å². The molecule has 0 aliphatic carbocycles. The standard InChI is InChI=1S/C25H23F4N3O/c26-20-9-11-21(12-10-20)31(16-14-30)24(33)32-15-13-17-3-1-2-4-22(17)23(32)18-5-7-19(8-6-18)25(27,28)29/h1-12,23H,13-16,30H2. The molecular weight excluding hydrogens is 434 g/mol. The molecule has 2 amide bonds. The van der Waals surface area contributed by atoms with Crippen LogP contribution in [0.4, 0.5) is 28.0 Å². The van der Waals surface area contributed by atoms with Crippen LogP contribution in [0.5, 0.6) is 0 Å². The van der Waals surface area contributed by atoms with Gasteiger partial charge in [-0.3, -0.25) is 4.90 Å². The van der Waals surface area contributed by atoms with Gasteiger partial charge >= 0.3 is 12.2 Å². The summed E-state index contributed by atoms with van der Waals surface area (Å²) < 4.78 is 52.7. The number of amides is 2. The molecule has 8 heteroatoms. The first kappa shape index (κ1) is 22.8. The number of carbonyl (C=O) groups is 1. The van der Waals surface area contributed by atoms with E-state index in [0.717, 1.165) is 23.3 Å². The Balaban J connectivity index is 1.75. The van der Waals surface area contributed by atoms with Crippen LogP contribution in [-0.4, -0.2) is 30.6 Å². The lowest BCUT2D eigenvalue weighted by atomic mass is 9.88. The highest BCUT2D eigenvalue weighted by atomic mass is 19.4. The summed E-state index contributed by atoms with van der Waals surface area (Å²) in [6.45, 7) is 0.782. The molecule has 3 aromatic rings. The van der Waals surface area contributed by atoms with Crippen LogP contribution < -0.4 is 10.6 Å². The van der Waals surface area contributed by atoms with Crippen LogP contribution in [0, 0.1) is 5.82 Å². The van der Waals surface area contributed by atoms with Crippen molar-refractivity contribution in [2.75, 3.05) is 24.5 Å². The van der Waals surface area contributed by atoms with Crippen molar-refractivity contribution in [1.29, 1.82) is 0 Å². The highest BCUT2D eigenvalue weighted by molar-refractivity contribution is 5.92. The Hall–Kier alpha value is -3.39. The predicted molar refractivity (Wildman–Crippen MR) is 118 cm³/mol. The van der Waals surface area contributed by atoms with Crippen molar-refractivity contribution in [1.82, 2.24) is 4.90 Å². The van der Waals surface area contributed by atoms with E-state index in [-0.39, 0.29) is 19.1 Å². The number of urea groups is 1. The Morgan fingerprint density at radius 3 is 2.30 bits per heavy atom. The maximum atomic E-state index is 13.7. The SMILES string of the molecule is NCCN(C(=O)N1CCc2ccccc2C1c1ccc(C(F)(F)F)cc1)c1ccc(F)cc1. The summed E-state index contributed by atoms with van der Waals surface area (Å²) in [7, 11) is 0. The molecule has 1 atom stereocenters. The number of nitrogens with zero attached hydrogens (tertiary/aromatic N) is 2. The third-order valence-corrected chi connectivity index (χ3v) is 5.80. The number of hydrogen-bond acceptors (Lipinski definition) is 2. The third-order valence-electron chi connectivity index (χ3n) is 5.80. The first-order valence-corrected chi connectivity index (χ1v) is 10.6. The summed E-state index contributed by atoms with van der Waals surface area (Å²) in [6, 6.07) is 17.2. The molecule has 4 rings (SSSR count). The van der Waals surface area contributed by atoms with E-state index in [0.29, 0.717) is 24.2 Å². The molecule has 0 saturated carbocycles. The van der Waals surface area contributed by atoms with Gasteiger partial charge in [-0.25, -0.2) is 9.18 Å². The molecule has 1 heterocycles. The maximum Gasteiger partial charge on any atom is 0.416 e. The lowest BCUT2D eigenvalue weighted by molar-refractivity contribution is -0.137. The van der Waals surface area contributed by atoms with Gasteiger partial charge in [-0.15, -0.1) is 0 Å². The van der Waals surface area contributed by atoms with Crippen LogP contribution in [0.1, 0.15) is 28.3 Å². The van der Waals surface area contributed by atoms with Crippen LogP contribution in [0.15, 0.2) is 72.8 Å². The average Bonchev–Trinajstić information content (AvgIpc) is 2.81. The number of alkyl halides is 3. The fourth-order valence-corrected chi connectivity index (χ4v) is 4.23. The fourth-order valence-electron chi connectivity index (χ4n) is 4.23. The molecule has 0 bridgehead atoms. The molecule has 0 aromatic heterocycles. The van der Waals surface area contributed by atoms with Crippen molar-refractivity contribution in [3.8, 4) is 0 Å². The molecular formula is C25H23F4N3O. The minimum Gasteiger partial charge on any atom is -0.329 e. The predicted octanol–water partition coefficient (Wildman–Crippen LogP) is 5.38. The summed E-state index contributed by atoms with van der Waals surface area (Å²) in [4.78, 5) is 16.8. The molecule has 3 aromatic carbocycles. The van der Waals surface area contributed by atoms with E-state index in [1.807, 2.05) is 24.3 Å². The molecule has 172 valence electrons. The molecule has 1 aliphatic heterocycles. The van der Waals surface area contributed by atoms with Gasteiger partial charge in [0.25, 0.3) is 0 Å².